The number of anilines is 1. The Hall–Kier alpha value is -1.60. The number of halogens is 1. The molecule has 1 aromatic rings. The fourth-order valence-corrected chi connectivity index (χ4v) is 5.50. The number of hydrogen-bond donors (Lipinski definition) is 0. The molecule has 0 bridgehead atoms. The molecule has 1 fully saturated rings. The molecule has 1 saturated heterocycles. The molecule has 3 aliphatic heterocycles. The predicted molar refractivity (Wildman–Crippen MR) is 119 cm³/mol. The van der Waals surface area contributed by atoms with Gasteiger partial charge in [-0.15, -0.1) is 0 Å². The maximum Gasteiger partial charge on any atom is 0.410 e. The molecule has 6 nitrogen and oxygen atoms in total. The molecule has 7 heteroatoms. The van der Waals surface area contributed by atoms with E-state index in [1.807, 2.05) is 25.7 Å². The monoisotopic (exact) mass is 478 g/mol. The number of rotatable bonds is 2. The highest BCUT2D eigenvalue weighted by Gasteiger charge is 2.33. The summed E-state index contributed by atoms with van der Waals surface area (Å²) < 4.78 is 12.4. The molecular formula is C23H31BrN2O4. The average Bonchev–Trinajstić information content (AvgIpc) is 3.07. The number of aryl methyl sites for hydroxylation is 1. The van der Waals surface area contributed by atoms with Crippen molar-refractivity contribution in [2.75, 3.05) is 31.1 Å². The van der Waals surface area contributed by atoms with Gasteiger partial charge in [-0.1, -0.05) is 6.07 Å². The summed E-state index contributed by atoms with van der Waals surface area (Å²) in [5, 5.41) is 0. The van der Waals surface area contributed by atoms with E-state index in [9.17, 15) is 9.59 Å². The number of carbonyl (C=O) groups excluding carboxylic acids is 2. The van der Waals surface area contributed by atoms with Gasteiger partial charge in [0.15, 0.2) is 0 Å². The summed E-state index contributed by atoms with van der Waals surface area (Å²) in [6.07, 6.45) is 4.76. The van der Waals surface area contributed by atoms with E-state index in [4.69, 9.17) is 9.47 Å². The van der Waals surface area contributed by atoms with Gasteiger partial charge in [-0.2, -0.15) is 0 Å². The highest BCUT2D eigenvalue weighted by atomic mass is 79.9. The van der Waals surface area contributed by atoms with Crippen LogP contribution in [0.15, 0.2) is 10.5 Å². The Kier molecular flexibility index (Phi) is 6.13. The maximum absolute atomic E-state index is 12.8. The van der Waals surface area contributed by atoms with Gasteiger partial charge in [0.1, 0.15) is 5.60 Å². The van der Waals surface area contributed by atoms with Gasteiger partial charge in [0.2, 0.25) is 5.91 Å². The molecule has 0 saturated carbocycles. The van der Waals surface area contributed by atoms with Crippen LogP contribution in [0, 0.1) is 0 Å². The Morgan fingerprint density at radius 3 is 2.67 bits per heavy atom. The van der Waals surface area contributed by atoms with E-state index in [0.29, 0.717) is 26.1 Å². The van der Waals surface area contributed by atoms with Crippen LogP contribution in [0.2, 0.25) is 0 Å². The largest absolute Gasteiger partial charge is 0.444 e. The van der Waals surface area contributed by atoms with Gasteiger partial charge in [0, 0.05) is 30.6 Å². The zero-order valence-corrected chi connectivity index (χ0v) is 19.7. The first-order chi connectivity index (χ1) is 14.2. The van der Waals surface area contributed by atoms with Crippen LogP contribution < -0.4 is 4.90 Å². The van der Waals surface area contributed by atoms with Crippen LogP contribution in [0.3, 0.4) is 0 Å². The molecule has 3 heterocycles. The fourth-order valence-electron chi connectivity index (χ4n) is 4.58. The minimum absolute atomic E-state index is 0.119. The van der Waals surface area contributed by atoms with E-state index >= 15 is 0 Å². The number of fused-ring (bicyclic) bond motifs is 2. The Morgan fingerprint density at radius 1 is 1.20 bits per heavy atom. The van der Waals surface area contributed by atoms with E-state index < -0.39 is 5.60 Å². The van der Waals surface area contributed by atoms with Crippen LogP contribution in [-0.4, -0.2) is 54.8 Å². The Morgan fingerprint density at radius 2 is 1.97 bits per heavy atom. The summed E-state index contributed by atoms with van der Waals surface area (Å²) in [5.41, 5.74) is 4.18. The number of ether oxygens (including phenoxy) is 2. The molecule has 1 atom stereocenters. The van der Waals surface area contributed by atoms with Gasteiger partial charge >= 0.3 is 6.09 Å². The lowest BCUT2D eigenvalue weighted by atomic mass is 9.92. The van der Waals surface area contributed by atoms with Gasteiger partial charge in [-0.25, -0.2) is 4.79 Å². The summed E-state index contributed by atoms with van der Waals surface area (Å²) in [6.45, 7) is 8.33. The number of carbonyl (C=O) groups is 2. The normalized spacial score (nSPS) is 21.9. The van der Waals surface area contributed by atoms with E-state index in [1.54, 1.807) is 4.90 Å². The van der Waals surface area contributed by atoms with Crippen LogP contribution in [0.4, 0.5) is 10.5 Å². The molecule has 3 aliphatic rings. The maximum atomic E-state index is 12.8. The van der Waals surface area contributed by atoms with Crippen LogP contribution in [0.25, 0.3) is 0 Å². The highest BCUT2D eigenvalue weighted by Crippen LogP contribution is 2.41. The molecule has 30 heavy (non-hydrogen) atoms. The number of benzene rings is 1. The fraction of sp³-hybridized carbons (Fsp3) is 0.652. The van der Waals surface area contributed by atoms with Crippen molar-refractivity contribution < 1.29 is 19.1 Å². The van der Waals surface area contributed by atoms with Gasteiger partial charge in [-0.05, 0) is 85.5 Å². The summed E-state index contributed by atoms with van der Waals surface area (Å²) in [6, 6.07) is 2.25. The quantitative estimate of drug-likeness (QED) is 0.637. The second-order valence-corrected chi connectivity index (χ2v) is 10.2. The number of nitrogens with zero attached hydrogens (tertiary/aromatic N) is 2. The number of hydrogen-bond acceptors (Lipinski definition) is 4. The molecule has 4 rings (SSSR count). The Labute approximate surface area is 187 Å². The van der Waals surface area contributed by atoms with Crippen molar-refractivity contribution in [3.8, 4) is 0 Å². The van der Waals surface area contributed by atoms with Crippen molar-refractivity contribution in [3.63, 3.8) is 0 Å². The van der Waals surface area contributed by atoms with Gasteiger partial charge < -0.3 is 19.3 Å². The van der Waals surface area contributed by atoms with Crippen LogP contribution in [-0.2, 0) is 33.5 Å². The highest BCUT2D eigenvalue weighted by molar-refractivity contribution is 9.10. The van der Waals surface area contributed by atoms with Crippen molar-refractivity contribution in [2.45, 2.75) is 71.0 Å². The summed E-state index contributed by atoms with van der Waals surface area (Å²) in [7, 11) is 0. The molecule has 1 aromatic carbocycles. The minimum Gasteiger partial charge on any atom is -0.444 e. The third-order valence-corrected chi connectivity index (χ3v) is 6.89. The second-order valence-electron chi connectivity index (χ2n) is 9.44. The molecule has 0 aliphatic carbocycles. The lowest BCUT2D eigenvalue weighted by Crippen LogP contribution is -2.41. The third-order valence-electron chi connectivity index (χ3n) is 6.04. The molecule has 0 unspecified atom stereocenters. The molecule has 0 spiro atoms. The third kappa shape index (κ3) is 4.52. The molecule has 164 valence electrons. The zero-order valence-electron chi connectivity index (χ0n) is 18.1. The summed E-state index contributed by atoms with van der Waals surface area (Å²) in [4.78, 5) is 29.1. The smallest absolute Gasteiger partial charge is 0.410 e. The van der Waals surface area contributed by atoms with Crippen molar-refractivity contribution in [2.24, 2.45) is 0 Å². The summed E-state index contributed by atoms with van der Waals surface area (Å²) >= 11 is 3.84. The lowest BCUT2D eigenvalue weighted by molar-refractivity contribution is -0.119. The standard InChI is InChI=1S/C23H31BrN2O4/c1-23(2,3)30-22(28)25-10-8-15-13-16-6-7-19(27)26(14-17-5-4-12-29-17)21(16)20(24)18(15)9-11-25/h13,17H,4-12,14H2,1-3H3/t17-/m0/s1. The van der Waals surface area contributed by atoms with Gasteiger partial charge in [-0.3, -0.25) is 4.79 Å². The van der Waals surface area contributed by atoms with Crippen molar-refractivity contribution in [1.29, 1.82) is 0 Å². The Bertz CT molecular complexity index is 843. The van der Waals surface area contributed by atoms with E-state index in [1.165, 1.54) is 16.7 Å². The molecule has 2 amide bonds. The van der Waals surface area contributed by atoms with Crippen LogP contribution in [0.5, 0.6) is 0 Å². The SMILES string of the molecule is CC(C)(C)OC(=O)N1CCc2cc3c(c(Br)c2CC1)N(C[C@@H]1CCCO1)C(=O)CC3. The van der Waals surface area contributed by atoms with Crippen LogP contribution >= 0.6 is 15.9 Å². The van der Waals surface area contributed by atoms with Crippen molar-refractivity contribution >= 4 is 33.6 Å². The minimum atomic E-state index is -0.501. The van der Waals surface area contributed by atoms with Gasteiger partial charge in [0.05, 0.1) is 18.3 Å². The first-order valence-corrected chi connectivity index (χ1v) is 11.8. The topological polar surface area (TPSA) is 59.1 Å². The molecule has 0 radical (unpaired) electrons. The zero-order chi connectivity index (χ0) is 21.5. The predicted octanol–water partition coefficient (Wildman–Crippen LogP) is 4.24. The van der Waals surface area contributed by atoms with Gasteiger partial charge in [0.25, 0.3) is 0 Å². The van der Waals surface area contributed by atoms with E-state index in [-0.39, 0.29) is 18.1 Å². The molecular weight excluding hydrogens is 448 g/mol. The van der Waals surface area contributed by atoms with Crippen molar-refractivity contribution in [1.82, 2.24) is 4.90 Å². The number of amides is 2. The first kappa shape index (κ1) is 21.6. The second kappa shape index (κ2) is 8.50. The Balaban J connectivity index is 1.59. The molecule has 0 N–H and O–H groups in total. The van der Waals surface area contributed by atoms with E-state index in [0.717, 1.165) is 48.9 Å². The summed E-state index contributed by atoms with van der Waals surface area (Å²) in [5.74, 6) is 0.169. The molecule has 0 aromatic heterocycles. The van der Waals surface area contributed by atoms with Crippen LogP contribution in [0.1, 0.15) is 56.7 Å². The van der Waals surface area contributed by atoms with E-state index in [2.05, 4.69) is 22.0 Å². The van der Waals surface area contributed by atoms with Crippen molar-refractivity contribution in [3.05, 3.63) is 27.2 Å². The first-order valence-electron chi connectivity index (χ1n) is 11.0. The average molecular weight is 479 g/mol. The lowest BCUT2D eigenvalue weighted by Gasteiger charge is -2.33.